The summed E-state index contributed by atoms with van der Waals surface area (Å²) in [4.78, 5) is 27.8. The Morgan fingerprint density at radius 3 is 2.77 bits per heavy atom. The van der Waals surface area contributed by atoms with Crippen LogP contribution in [-0.2, 0) is 9.53 Å². The zero-order chi connectivity index (χ0) is 22.1. The van der Waals surface area contributed by atoms with Crippen molar-refractivity contribution in [2.24, 2.45) is 5.92 Å². The van der Waals surface area contributed by atoms with Crippen LogP contribution >= 0.6 is 11.6 Å². The van der Waals surface area contributed by atoms with Gasteiger partial charge in [-0.25, -0.2) is 4.79 Å². The standard InChI is InChI=1S/C24H36ClN3O3/c1-2-15-31-24(30)26-20-10-11-23(22(25)16-20)27-13-6-7-19(17-27)12-14-28(18-29)21-8-4-3-5-9-21/h10-11,16,18-19,21H,2-9,12-15,17H2,1H3,(H,26,30). The van der Waals surface area contributed by atoms with E-state index in [1.165, 1.54) is 25.7 Å². The number of anilines is 2. The molecule has 0 radical (unpaired) electrons. The zero-order valence-corrected chi connectivity index (χ0v) is 19.4. The number of ether oxygens (including phenoxy) is 1. The molecular weight excluding hydrogens is 414 g/mol. The van der Waals surface area contributed by atoms with Gasteiger partial charge in [-0.1, -0.05) is 37.8 Å². The summed E-state index contributed by atoms with van der Waals surface area (Å²) in [5.74, 6) is 0.553. The second-order valence-electron chi connectivity index (χ2n) is 8.81. The van der Waals surface area contributed by atoms with Gasteiger partial charge in [-0.2, -0.15) is 0 Å². The minimum atomic E-state index is -0.457. The number of nitrogens with zero attached hydrogens (tertiary/aromatic N) is 2. The number of amides is 2. The molecule has 1 aliphatic heterocycles. The molecule has 7 heteroatoms. The maximum atomic E-state index is 11.8. The summed E-state index contributed by atoms with van der Waals surface area (Å²) in [6.45, 7) is 5.12. The molecule has 1 aliphatic carbocycles. The van der Waals surface area contributed by atoms with Crippen LogP contribution in [0, 0.1) is 5.92 Å². The fourth-order valence-corrected chi connectivity index (χ4v) is 5.08. The smallest absolute Gasteiger partial charge is 0.411 e. The van der Waals surface area contributed by atoms with E-state index in [0.29, 0.717) is 29.3 Å². The highest BCUT2D eigenvalue weighted by Gasteiger charge is 2.24. The molecular formula is C24H36ClN3O3. The second kappa shape index (κ2) is 12.2. The largest absolute Gasteiger partial charge is 0.449 e. The molecule has 1 N–H and O–H groups in total. The van der Waals surface area contributed by atoms with Gasteiger partial charge in [0, 0.05) is 31.4 Å². The van der Waals surface area contributed by atoms with Crippen molar-refractivity contribution in [3.63, 3.8) is 0 Å². The van der Waals surface area contributed by atoms with Gasteiger partial charge < -0.3 is 14.5 Å². The molecule has 1 aromatic rings. The zero-order valence-electron chi connectivity index (χ0n) is 18.7. The SMILES string of the molecule is CCCOC(=O)Nc1ccc(N2CCCC(CCN(C=O)C3CCCCC3)C2)c(Cl)c1. The molecule has 0 aromatic heterocycles. The van der Waals surface area contributed by atoms with Crippen LogP contribution in [0.2, 0.25) is 5.02 Å². The van der Waals surface area contributed by atoms with E-state index in [1.54, 1.807) is 6.07 Å². The van der Waals surface area contributed by atoms with Crippen molar-refractivity contribution in [1.82, 2.24) is 4.90 Å². The van der Waals surface area contributed by atoms with Gasteiger partial charge in [-0.3, -0.25) is 10.1 Å². The molecule has 1 unspecified atom stereocenters. The molecule has 1 heterocycles. The minimum Gasteiger partial charge on any atom is -0.449 e. The van der Waals surface area contributed by atoms with Crippen molar-refractivity contribution in [2.45, 2.75) is 70.8 Å². The van der Waals surface area contributed by atoms with E-state index in [1.807, 2.05) is 24.0 Å². The van der Waals surface area contributed by atoms with Crippen molar-refractivity contribution in [3.05, 3.63) is 23.2 Å². The highest BCUT2D eigenvalue weighted by atomic mass is 35.5. The van der Waals surface area contributed by atoms with Gasteiger partial charge in [0.2, 0.25) is 6.41 Å². The minimum absolute atomic E-state index is 0.398. The summed E-state index contributed by atoms with van der Waals surface area (Å²) >= 11 is 6.56. The maximum Gasteiger partial charge on any atom is 0.411 e. The first-order chi connectivity index (χ1) is 15.1. The van der Waals surface area contributed by atoms with Gasteiger partial charge in [-0.15, -0.1) is 0 Å². The van der Waals surface area contributed by atoms with Crippen molar-refractivity contribution in [2.75, 3.05) is 36.5 Å². The highest BCUT2D eigenvalue weighted by molar-refractivity contribution is 6.33. The molecule has 1 atom stereocenters. The molecule has 0 bridgehead atoms. The van der Waals surface area contributed by atoms with Gasteiger partial charge >= 0.3 is 6.09 Å². The molecule has 172 valence electrons. The summed E-state index contributed by atoms with van der Waals surface area (Å²) in [6, 6.07) is 6.06. The number of carbonyl (C=O) groups is 2. The van der Waals surface area contributed by atoms with E-state index in [2.05, 4.69) is 10.2 Å². The predicted molar refractivity (Wildman–Crippen MR) is 126 cm³/mol. The molecule has 2 aliphatic rings. The molecule has 1 saturated carbocycles. The number of carbonyl (C=O) groups excluding carboxylic acids is 2. The van der Waals surface area contributed by atoms with Gasteiger partial charge in [0.1, 0.15) is 0 Å². The molecule has 1 aromatic carbocycles. The van der Waals surface area contributed by atoms with E-state index >= 15 is 0 Å². The van der Waals surface area contributed by atoms with E-state index in [4.69, 9.17) is 16.3 Å². The van der Waals surface area contributed by atoms with Crippen LogP contribution in [-0.4, -0.2) is 49.7 Å². The summed E-state index contributed by atoms with van der Waals surface area (Å²) < 4.78 is 5.06. The normalized spacial score (nSPS) is 19.7. The summed E-state index contributed by atoms with van der Waals surface area (Å²) in [6.07, 6.45) is 10.8. The Morgan fingerprint density at radius 2 is 2.06 bits per heavy atom. The van der Waals surface area contributed by atoms with Crippen molar-refractivity contribution < 1.29 is 14.3 Å². The van der Waals surface area contributed by atoms with Crippen molar-refractivity contribution in [3.8, 4) is 0 Å². The second-order valence-corrected chi connectivity index (χ2v) is 9.21. The van der Waals surface area contributed by atoms with Crippen LogP contribution < -0.4 is 10.2 Å². The molecule has 31 heavy (non-hydrogen) atoms. The lowest BCUT2D eigenvalue weighted by molar-refractivity contribution is -0.121. The van der Waals surface area contributed by atoms with Gasteiger partial charge in [0.25, 0.3) is 0 Å². The predicted octanol–water partition coefficient (Wildman–Crippen LogP) is 5.70. The average molecular weight is 450 g/mol. The Bertz CT molecular complexity index is 724. The summed E-state index contributed by atoms with van der Waals surface area (Å²) in [5, 5.41) is 3.35. The van der Waals surface area contributed by atoms with E-state index in [0.717, 1.165) is 63.8 Å². The van der Waals surface area contributed by atoms with E-state index in [9.17, 15) is 9.59 Å². The maximum absolute atomic E-state index is 11.8. The molecule has 2 fully saturated rings. The monoisotopic (exact) mass is 449 g/mol. The van der Waals surface area contributed by atoms with E-state index < -0.39 is 6.09 Å². The first-order valence-electron chi connectivity index (χ1n) is 11.8. The fraction of sp³-hybridized carbons (Fsp3) is 0.667. The van der Waals surface area contributed by atoms with Crippen LogP contribution in [0.3, 0.4) is 0 Å². The number of hydrogen-bond donors (Lipinski definition) is 1. The lowest BCUT2D eigenvalue weighted by Crippen LogP contribution is -2.40. The van der Waals surface area contributed by atoms with Crippen LogP contribution in [0.4, 0.5) is 16.2 Å². The molecule has 2 amide bonds. The van der Waals surface area contributed by atoms with Crippen LogP contribution in [0.25, 0.3) is 0 Å². The number of piperidine rings is 1. The number of halogens is 1. The topological polar surface area (TPSA) is 61.9 Å². The van der Waals surface area contributed by atoms with Gasteiger partial charge in [-0.05, 0) is 62.6 Å². The Labute approximate surface area is 191 Å². The molecule has 6 nitrogen and oxygen atoms in total. The fourth-order valence-electron chi connectivity index (χ4n) is 4.77. The molecule has 0 spiro atoms. The third-order valence-electron chi connectivity index (χ3n) is 6.47. The lowest BCUT2D eigenvalue weighted by Gasteiger charge is -2.37. The summed E-state index contributed by atoms with van der Waals surface area (Å²) in [7, 11) is 0. The number of rotatable bonds is 9. The Kier molecular flexibility index (Phi) is 9.31. The quantitative estimate of drug-likeness (QED) is 0.491. The molecule has 1 saturated heterocycles. The average Bonchev–Trinajstić information content (AvgIpc) is 2.79. The van der Waals surface area contributed by atoms with Crippen LogP contribution in [0.5, 0.6) is 0 Å². The lowest BCUT2D eigenvalue weighted by atomic mass is 9.92. The number of nitrogens with one attached hydrogen (secondary N) is 1. The highest BCUT2D eigenvalue weighted by Crippen LogP contribution is 2.33. The van der Waals surface area contributed by atoms with Gasteiger partial charge in [0.05, 0.1) is 17.3 Å². The van der Waals surface area contributed by atoms with Crippen LogP contribution in [0.15, 0.2) is 18.2 Å². The third kappa shape index (κ3) is 7.03. The Balaban J connectivity index is 1.53. The molecule has 3 rings (SSSR count). The third-order valence-corrected chi connectivity index (χ3v) is 6.77. The first-order valence-corrected chi connectivity index (χ1v) is 12.2. The summed E-state index contributed by atoms with van der Waals surface area (Å²) in [5.41, 5.74) is 1.64. The number of hydrogen-bond acceptors (Lipinski definition) is 4. The van der Waals surface area contributed by atoms with Crippen molar-refractivity contribution >= 4 is 35.5 Å². The Morgan fingerprint density at radius 1 is 1.26 bits per heavy atom. The van der Waals surface area contributed by atoms with E-state index in [-0.39, 0.29) is 0 Å². The number of benzene rings is 1. The first kappa shape index (κ1) is 23.7. The van der Waals surface area contributed by atoms with Crippen molar-refractivity contribution in [1.29, 1.82) is 0 Å². The van der Waals surface area contributed by atoms with Gasteiger partial charge in [0.15, 0.2) is 0 Å². The Hall–Kier alpha value is -1.95. The van der Waals surface area contributed by atoms with Crippen LogP contribution in [0.1, 0.15) is 64.7 Å².